The number of nitriles is 1. The van der Waals surface area contributed by atoms with Crippen LogP contribution in [-0.2, 0) is 12.8 Å². The van der Waals surface area contributed by atoms with E-state index in [1.165, 1.54) is 10.9 Å². The Kier molecular flexibility index (Phi) is 6.41. The molecule has 0 aliphatic carbocycles. The van der Waals surface area contributed by atoms with Gasteiger partial charge in [-0.15, -0.1) is 0 Å². The maximum atomic E-state index is 13.0. The summed E-state index contributed by atoms with van der Waals surface area (Å²) in [5, 5.41) is 14.2. The van der Waals surface area contributed by atoms with Gasteiger partial charge in [0.25, 0.3) is 0 Å². The Morgan fingerprint density at radius 3 is 2.47 bits per heavy atom. The molecule has 3 aromatic heterocycles. The Morgan fingerprint density at radius 2 is 1.82 bits per heavy atom. The van der Waals surface area contributed by atoms with E-state index in [4.69, 9.17) is 14.1 Å². The molecule has 192 valence electrons. The van der Waals surface area contributed by atoms with Crippen LogP contribution in [0.1, 0.15) is 47.8 Å². The number of fused-ring (bicyclic) bond motifs is 1. The van der Waals surface area contributed by atoms with Gasteiger partial charge < -0.3 is 9.15 Å². The SMILES string of the molecule is Cc1cc(C(F)(F)F)nn1-c1ccc(COc2nc(-c3ccccc3C(C)C)c(C#N)c3occc23)cc1. The lowest BCUT2D eigenvalue weighted by Crippen LogP contribution is -2.07. The zero-order chi connectivity index (χ0) is 27.0. The van der Waals surface area contributed by atoms with E-state index in [1.807, 2.05) is 24.3 Å². The molecule has 0 saturated carbocycles. The number of halogens is 3. The van der Waals surface area contributed by atoms with E-state index >= 15 is 0 Å². The fourth-order valence-corrected chi connectivity index (χ4v) is 4.38. The molecule has 0 fully saturated rings. The Morgan fingerprint density at radius 1 is 1.08 bits per heavy atom. The molecule has 5 aromatic rings. The molecule has 9 heteroatoms. The van der Waals surface area contributed by atoms with Gasteiger partial charge in [-0.2, -0.15) is 23.5 Å². The maximum Gasteiger partial charge on any atom is 0.435 e. The van der Waals surface area contributed by atoms with E-state index in [1.54, 1.807) is 37.3 Å². The summed E-state index contributed by atoms with van der Waals surface area (Å²) in [5.74, 6) is 0.531. The van der Waals surface area contributed by atoms with Gasteiger partial charge in [-0.3, -0.25) is 0 Å². The molecule has 6 nitrogen and oxygen atoms in total. The van der Waals surface area contributed by atoms with Crippen LogP contribution in [0.5, 0.6) is 5.88 Å². The molecule has 0 bridgehead atoms. The molecule has 0 radical (unpaired) electrons. The van der Waals surface area contributed by atoms with Crippen molar-refractivity contribution >= 4 is 11.0 Å². The highest BCUT2D eigenvalue weighted by Crippen LogP contribution is 2.37. The second kappa shape index (κ2) is 9.71. The highest BCUT2D eigenvalue weighted by Gasteiger charge is 2.34. The Balaban J connectivity index is 1.46. The van der Waals surface area contributed by atoms with Crippen LogP contribution in [0.25, 0.3) is 27.9 Å². The molecule has 0 spiro atoms. The van der Waals surface area contributed by atoms with Gasteiger partial charge in [0, 0.05) is 11.3 Å². The van der Waals surface area contributed by atoms with Crippen molar-refractivity contribution in [3.8, 4) is 28.9 Å². The quantitative estimate of drug-likeness (QED) is 0.232. The number of aromatic nitrogens is 3. The molecule has 2 aromatic carbocycles. The van der Waals surface area contributed by atoms with Crippen molar-refractivity contribution in [2.24, 2.45) is 0 Å². The third-order valence-electron chi connectivity index (χ3n) is 6.26. The molecule has 0 aliphatic heterocycles. The number of ether oxygens (including phenoxy) is 1. The highest BCUT2D eigenvalue weighted by molar-refractivity contribution is 5.92. The molecule has 0 saturated heterocycles. The Hall–Kier alpha value is -4.58. The van der Waals surface area contributed by atoms with E-state index in [9.17, 15) is 18.4 Å². The number of rotatable bonds is 6. The smallest absolute Gasteiger partial charge is 0.435 e. The third kappa shape index (κ3) is 4.61. The fourth-order valence-electron chi connectivity index (χ4n) is 4.38. The lowest BCUT2D eigenvalue weighted by atomic mass is 9.93. The number of hydrogen-bond donors (Lipinski definition) is 0. The largest absolute Gasteiger partial charge is 0.472 e. The number of pyridine rings is 1. The van der Waals surface area contributed by atoms with E-state index in [0.717, 1.165) is 22.8 Å². The standard InChI is InChI=1S/C29H23F3N4O2/c1-17(2)21-6-4-5-7-22(21)26-24(15-33)27-23(12-13-37-27)28(34-26)38-16-19-8-10-20(11-9-19)36-18(3)14-25(35-36)29(30,31)32/h4-14,17H,16H2,1-3H3. The van der Waals surface area contributed by atoms with Gasteiger partial charge in [-0.25, -0.2) is 9.67 Å². The van der Waals surface area contributed by atoms with E-state index in [2.05, 4.69) is 25.0 Å². The van der Waals surface area contributed by atoms with Gasteiger partial charge in [0.2, 0.25) is 5.88 Å². The van der Waals surface area contributed by atoms with Crippen LogP contribution in [-0.4, -0.2) is 14.8 Å². The van der Waals surface area contributed by atoms with Crippen LogP contribution in [0.2, 0.25) is 0 Å². The number of hydrogen-bond acceptors (Lipinski definition) is 5. The Bertz CT molecular complexity index is 1660. The summed E-state index contributed by atoms with van der Waals surface area (Å²) >= 11 is 0. The number of benzene rings is 2. The van der Waals surface area contributed by atoms with Crippen LogP contribution in [0, 0.1) is 18.3 Å². The Labute approximate surface area is 216 Å². The highest BCUT2D eigenvalue weighted by atomic mass is 19.4. The molecule has 0 atom stereocenters. The van der Waals surface area contributed by atoms with Crippen molar-refractivity contribution in [1.82, 2.24) is 14.8 Å². The molecule has 3 heterocycles. The van der Waals surface area contributed by atoms with Gasteiger partial charge >= 0.3 is 6.18 Å². The van der Waals surface area contributed by atoms with E-state index in [-0.39, 0.29) is 12.5 Å². The first-order valence-electron chi connectivity index (χ1n) is 11.9. The van der Waals surface area contributed by atoms with Crippen molar-refractivity contribution in [1.29, 1.82) is 5.26 Å². The van der Waals surface area contributed by atoms with Crippen molar-refractivity contribution in [2.75, 3.05) is 0 Å². The van der Waals surface area contributed by atoms with Crippen molar-refractivity contribution in [3.05, 3.63) is 95.0 Å². The van der Waals surface area contributed by atoms with Crippen LogP contribution >= 0.6 is 0 Å². The topological polar surface area (TPSA) is 76.9 Å². The summed E-state index contributed by atoms with van der Waals surface area (Å²) in [6.07, 6.45) is -3.01. The fraction of sp³-hybridized carbons (Fsp3) is 0.207. The van der Waals surface area contributed by atoms with Crippen LogP contribution in [0.15, 0.2) is 71.3 Å². The normalized spacial score (nSPS) is 11.7. The van der Waals surface area contributed by atoms with Crippen LogP contribution in [0.4, 0.5) is 13.2 Å². The lowest BCUT2D eigenvalue weighted by molar-refractivity contribution is -0.141. The molecule has 0 amide bonds. The average molecular weight is 517 g/mol. The van der Waals surface area contributed by atoms with Crippen LogP contribution in [0.3, 0.4) is 0 Å². The number of furan rings is 1. The zero-order valence-electron chi connectivity index (χ0n) is 20.9. The minimum atomic E-state index is -4.51. The predicted octanol–water partition coefficient (Wildman–Crippen LogP) is 7.58. The van der Waals surface area contributed by atoms with Gasteiger partial charge in [-0.05, 0) is 48.2 Å². The van der Waals surface area contributed by atoms with Gasteiger partial charge in [0.05, 0.1) is 23.0 Å². The van der Waals surface area contributed by atoms with Gasteiger partial charge in [0.15, 0.2) is 11.3 Å². The molecule has 5 rings (SSSR count). The second-order valence-corrected chi connectivity index (χ2v) is 9.19. The average Bonchev–Trinajstić information content (AvgIpc) is 3.54. The molecule has 0 N–H and O–H groups in total. The summed E-state index contributed by atoms with van der Waals surface area (Å²) < 4.78 is 52.1. The predicted molar refractivity (Wildman–Crippen MR) is 136 cm³/mol. The first-order valence-corrected chi connectivity index (χ1v) is 11.9. The molecular weight excluding hydrogens is 493 g/mol. The minimum absolute atomic E-state index is 0.149. The van der Waals surface area contributed by atoms with Crippen molar-refractivity contribution < 1.29 is 22.3 Å². The molecule has 0 aliphatic rings. The summed E-state index contributed by atoms with van der Waals surface area (Å²) in [6.45, 7) is 5.87. The van der Waals surface area contributed by atoms with E-state index in [0.29, 0.717) is 39.5 Å². The van der Waals surface area contributed by atoms with E-state index < -0.39 is 11.9 Å². The summed E-state index contributed by atoms with van der Waals surface area (Å²) in [6, 6.07) is 19.6. The van der Waals surface area contributed by atoms with Crippen molar-refractivity contribution in [3.63, 3.8) is 0 Å². The zero-order valence-corrected chi connectivity index (χ0v) is 20.9. The molecule has 38 heavy (non-hydrogen) atoms. The molecule has 0 unspecified atom stereocenters. The monoisotopic (exact) mass is 516 g/mol. The lowest BCUT2D eigenvalue weighted by Gasteiger charge is -2.15. The maximum absolute atomic E-state index is 13.0. The summed E-state index contributed by atoms with van der Waals surface area (Å²) in [5.41, 5.74) is 3.82. The van der Waals surface area contributed by atoms with Crippen LogP contribution < -0.4 is 4.74 Å². The van der Waals surface area contributed by atoms with Gasteiger partial charge in [-0.1, -0.05) is 50.2 Å². The third-order valence-corrected chi connectivity index (χ3v) is 6.26. The number of nitrogens with zero attached hydrogens (tertiary/aromatic N) is 4. The van der Waals surface area contributed by atoms with Crippen molar-refractivity contribution in [2.45, 2.75) is 39.5 Å². The molecular formula is C29H23F3N4O2. The first kappa shape index (κ1) is 25.1. The first-order chi connectivity index (χ1) is 18.2. The summed E-state index contributed by atoms with van der Waals surface area (Å²) in [4.78, 5) is 4.75. The summed E-state index contributed by atoms with van der Waals surface area (Å²) in [7, 11) is 0. The van der Waals surface area contributed by atoms with Gasteiger partial charge in [0.1, 0.15) is 18.2 Å². The number of alkyl halides is 3. The second-order valence-electron chi connectivity index (χ2n) is 9.19. The minimum Gasteiger partial charge on any atom is -0.472 e. The number of aryl methyl sites for hydroxylation is 1.